The molecule has 1 aromatic heterocycles. The predicted octanol–water partition coefficient (Wildman–Crippen LogP) is 3.00. The van der Waals surface area contributed by atoms with Gasteiger partial charge in [0.05, 0.1) is 0 Å². The first-order valence-corrected chi connectivity index (χ1v) is 7.15. The van der Waals surface area contributed by atoms with Crippen LogP contribution < -0.4 is 0 Å². The maximum Gasteiger partial charge on any atom is 0.345 e. The van der Waals surface area contributed by atoms with Gasteiger partial charge in [-0.3, -0.25) is 4.90 Å². The third-order valence-corrected chi connectivity index (χ3v) is 4.52. The minimum atomic E-state index is -0.833. The molecule has 0 radical (unpaired) electrons. The molecule has 0 saturated carbocycles. The van der Waals surface area contributed by atoms with Crippen LogP contribution in [0.25, 0.3) is 0 Å². The zero-order chi connectivity index (χ0) is 13.2. The lowest BCUT2D eigenvalue weighted by molar-refractivity contribution is 0.0702. The fourth-order valence-electron chi connectivity index (χ4n) is 2.49. The van der Waals surface area contributed by atoms with Gasteiger partial charge in [-0.05, 0) is 29.7 Å². The largest absolute Gasteiger partial charge is 0.477 e. The molecule has 2 aromatic rings. The molecule has 1 N–H and O–H groups in total. The molecule has 1 aliphatic rings. The van der Waals surface area contributed by atoms with Gasteiger partial charge in [-0.1, -0.05) is 24.3 Å². The van der Waals surface area contributed by atoms with Crippen molar-refractivity contribution in [1.82, 2.24) is 4.90 Å². The van der Waals surface area contributed by atoms with E-state index in [0.29, 0.717) is 4.88 Å². The Kier molecular flexibility index (Phi) is 3.36. The highest BCUT2D eigenvalue weighted by Crippen LogP contribution is 2.23. The highest BCUT2D eigenvalue weighted by Gasteiger charge is 2.17. The van der Waals surface area contributed by atoms with E-state index in [1.54, 1.807) is 6.07 Å². The van der Waals surface area contributed by atoms with Gasteiger partial charge in [0.1, 0.15) is 4.88 Å². The molecule has 0 unspecified atom stereocenters. The number of fused-ring (bicyclic) bond motifs is 1. The molecule has 3 rings (SSSR count). The molecule has 0 amide bonds. The summed E-state index contributed by atoms with van der Waals surface area (Å²) in [6.45, 7) is 2.83. The van der Waals surface area contributed by atoms with Gasteiger partial charge in [0.25, 0.3) is 0 Å². The van der Waals surface area contributed by atoms with Gasteiger partial charge in [0.15, 0.2) is 0 Å². The second kappa shape index (κ2) is 5.15. The van der Waals surface area contributed by atoms with Gasteiger partial charge in [-0.15, -0.1) is 11.3 Å². The number of carboxylic acid groups (broad SMARTS) is 1. The average Bonchev–Trinajstić information content (AvgIpc) is 2.87. The normalized spacial score (nSPS) is 15.2. The molecule has 3 nitrogen and oxygen atoms in total. The van der Waals surface area contributed by atoms with Crippen molar-refractivity contribution in [3.63, 3.8) is 0 Å². The third kappa shape index (κ3) is 2.69. The molecule has 1 aromatic carbocycles. The SMILES string of the molecule is O=C(O)c1ccc(CN2CCc3ccccc3C2)s1. The molecular weight excluding hydrogens is 258 g/mol. The van der Waals surface area contributed by atoms with Gasteiger partial charge in [-0.2, -0.15) is 0 Å². The number of aromatic carboxylic acids is 1. The fraction of sp³-hybridized carbons (Fsp3) is 0.267. The summed E-state index contributed by atoms with van der Waals surface area (Å²) in [6, 6.07) is 12.2. The first kappa shape index (κ1) is 12.4. The molecule has 2 heterocycles. The van der Waals surface area contributed by atoms with Crippen molar-refractivity contribution in [3.8, 4) is 0 Å². The van der Waals surface area contributed by atoms with Crippen molar-refractivity contribution < 1.29 is 9.90 Å². The first-order valence-electron chi connectivity index (χ1n) is 6.33. The van der Waals surface area contributed by atoms with Crippen molar-refractivity contribution in [2.24, 2.45) is 0 Å². The molecule has 98 valence electrons. The zero-order valence-electron chi connectivity index (χ0n) is 10.5. The summed E-state index contributed by atoms with van der Waals surface area (Å²) >= 11 is 1.37. The van der Waals surface area contributed by atoms with Gasteiger partial charge in [0.2, 0.25) is 0 Å². The van der Waals surface area contributed by atoms with Crippen LogP contribution in [0.3, 0.4) is 0 Å². The van der Waals surface area contributed by atoms with E-state index in [1.807, 2.05) is 6.07 Å². The van der Waals surface area contributed by atoms with Crippen LogP contribution >= 0.6 is 11.3 Å². The van der Waals surface area contributed by atoms with E-state index in [1.165, 1.54) is 22.5 Å². The summed E-state index contributed by atoms with van der Waals surface area (Å²) in [5, 5.41) is 8.93. The summed E-state index contributed by atoms with van der Waals surface area (Å²) in [6.07, 6.45) is 1.08. The summed E-state index contributed by atoms with van der Waals surface area (Å²) in [5.74, 6) is -0.833. The van der Waals surface area contributed by atoms with Crippen molar-refractivity contribution in [1.29, 1.82) is 0 Å². The van der Waals surface area contributed by atoms with Gasteiger partial charge in [0, 0.05) is 24.5 Å². The molecule has 1 aliphatic heterocycles. The Balaban J connectivity index is 1.70. The number of nitrogens with zero attached hydrogens (tertiary/aromatic N) is 1. The Morgan fingerprint density at radius 1 is 1.21 bits per heavy atom. The number of thiophene rings is 1. The van der Waals surface area contributed by atoms with Crippen molar-refractivity contribution in [3.05, 3.63) is 57.3 Å². The Morgan fingerprint density at radius 2 is 2.00 bits per heavy atom. The molecule has 0 fully saturated rings. The Hall–Kier alpha value is -1.65. The maximum absolute atomic E-state index is 10.9. The van der Waals surface area contributed by atoms with Crippen LogP contribution in [0.15, 0.2) is 36.4 Å². The number of hydrogen-bond donors (Lipinski definition) is 1. The highest BCUT2D eigenvalue weighted by atomic mass is 32.1. The van der Waals surface area contributed by atoms with Crippen LogP contribution in [0.1, 0.15) is 25.7 Å². The lowest BCUT2D eigenvalue weighted by atomic mass is 10.00. The van der Waals surface area contributed by atoms with Gasteiger partial charge in [-0.25, -0.2) is 4.79 Å². The van der Waals surface area contributed by atoms with E-state index in [0.717, 1.165) is 30.9 Å². The van der Waals surface area contributed by atoms with Crippen LogP contribution in [0.4, 0.5) is 0 Å². The summed E-state index contributed by atoms with van der Waals surface area (Å²) in [7, 11) is 0. The summed E-state index contributed by atoms with van der Waals surface area (Å²) in [5.41, 5.74) is 2.83. The second-order valence-electron chi connectivity index (χ2n) is 4.80. The lowest BCUT2D eigenvalue weighted by Gasteiger charge is -2.28. The van der Waals surface area contributed by atoms with Crippen molar-refractivity contribution in [2.75, 3.05) is 6.54 Å². The summed E-state index contributed by atoms with van der Waals surface area (Å²) < 4.78 is 0. The van der Waals surface area contributed by atoms with Crippen LogP contribution in [-0.2, 0) is 19.5 Å². The quantitative estimate of drug-likeness (QED) is 0.934. The summed E-state index contributed by atoms with van der Waals surface area (Å²) in [4.78, 5) is 14.8. The Morgan fingerprint density at radius 3 is 2.74 bits per heavy atom. The van der Waals surface area contributed by atoms with E-state index in [9.17, 15) is 4.79 Å². The molecule has 19 heavy (non-hydrogen) atoms. The zero-order valence-corrected chi connectivity index (χ0v) is 11.3. The van der Waals surface area contributed by atoms with E-state index < -0.39 is 5.97 Å². The smallest absolute Gasteiger partial charge is 0.345 e. The van der Waals surface area contributed by atoms with Crippen LogP contribution in [0.2, 0.25) is 0 Å². The number of benzene rings is 1. The number of carboxylic acids is 1. The fourth-order valence-corrected chi connectivity index (χ4v) is 3.38. The number of rotatable bonds is 3. The molecule has 0 saturated heterocycles. The van der Waals surface area contributed by atoms with Crippen molar-refractivity contribution in [2.45, 2.75) is 19.5 Å². The highest BCUT2D eigenvalue weighted by molar-refractivity contribution is 7.13. The molecular formula is C15H15NO2S. The van der Waals surface area contributed by atoms with E-state index in [-0.39, 0.29) is 0 Å². The third-order valence-electron chi connectivity index (χ3n) is 3.46. The van der Waals surface area contributed by atoms with Crippen LogP contribution in [0.5, 0.6) is 0 Å². The van der Waals surface area contributed by atoms with E-state index >= 15 is 0 Å². The van der Waals surface area contributed by atoms with Crippen LogP contribution in [0, 0.1) is 0 Å². The molecule has 0 aliphatic carbocycles. The molecule has 0 spiro atoms. The second-order valence-corrected chi connectivity index (χ2v) is 5.97. The van der Waals surface area contributed by atoms with Gasteiger partial charge < -0.3 is 5.11 Å². The van der Waals surface area contributed by atoms with Crippen LogP contribution in [-0.4, -0.2) is 22.5 Å². The topological polar surface area (TPSA) is 40.5 Å². The standard InChI is InChI=1S/C15H15NO2S/c17-15(18)14-6-5-13(19-14)10-16-8-7-11-3-1-2-4-12(11)9-16/h1-6H,7-10H2,(H,17,18). The van der Waals surface area contributed by atoms with E-state index in [4.69, 9.17) is 5.11 Å². The molecule has 0 bridgehead atoms. The van der Waals surface area contributed by atoms with E-state index in [2.05, 4.69) is 29.2 Å². The Labute approximate surface area is 116 Å². The first-order chi connectivity index (χ1) is 9.22. The number of carbonyl (C=O) groups is 1. The maximum atomic E-state index is 10.9. The monoisotopic (exact) mass is 273 g/mol. The average molecular weight is 273 g/mol. The predicted molar refractivity (Wildman–Crippen MR) is 75.5 cm³/mol. The minimum Gasteiger partial charge on any atom is -0.477 e. The minimum absolute atomic E-state index is 0.424. The molecule has 4 heteroatoms. The molecule has 0 atom stereocenters. The lowest BCUT2D eigenvalue weighted by Crippen LogP contribution is -2.29. The number of hydrogen-bond acceptors (Lipinski definition) is 3. The van der Waals surface area contributed by atoms with Crippen molar-refractivity contribution >= 4 is 17.3 Å². The van der Waals surface area contributed by atoms with Gasteiger partial charge >= 0.3 is 5.97 Å². The Bertz CT molecular complexity index is 606.